The van der Waals surface area contributed by atoms with Crippen LogP contribution in [0.25, 0.3) is 0 Å². The van der Waals surface area contributed by atoms with E-state index < -0.39 is 9.04 Å². The van der Waals surface area contributed by atoms with E-state index in [9.17, 15) is 0 Å². The molecule has 0 saturated heterocycles. The van der Waals surface area contributed by atoms with Gasteiger partial charge in [-0.05, 0) is 36.9 Å². The Balaban J connectivity index is 4.16. The lowest BCUT2D eigenvalue weighted by Gasteiger charge is -2.28. The summed E-state index contributed by atoms with van der Waals surface area (Å²) in [4.78, 5) is 0. The molecule has 0 aliphatic rings. The van der Waals surface area contributed by atoms with E-state index in [0.29, 0.717) is 11.3 Å². The average molecular weight is 242 g/mol. The molecule has 0 rings (SSSR count). The third-order valence-electron chi connectivity index (χ3n) is 2.89. The van der Waals surface area contributed by atoms with Crippen LogP contribution in [0.2, 0.25) is 13.1 Å². The van der Waals surface area contributed by atoms with Gasteiger partial charge in [0.15, 0.2) is 0 Å². The van der Waals surface area contributed by atoms with E-state index in [2.05, 4.69) is 46.9 Å². The average Bonchev–Trinajstić information content (AvgIpc) is 2.13. The molecule has 0 amide bonds. The lowest BCUT2D eigenvalue weighted by molar-refractivity contribution is 0.268. The van der Waals surface area contributed by atoms with Crippen LogP contribution in [-0.2, 0) is 4.43 Å². The van der Waals surface area contributed by atoms with Crippen molar-refractivity contribution in [1.29, 1.82) is 0 Å². The first kappa shape index (κ1) is 15.8. The highest BCUT2D eigenvalue weighted by Crippen LogP contribution is 2.31. The topological polar surface area (TPSA) is 9.23 Å². The van der Waals surface area contributed by atoms with Crippen LogP contribution >= 0.6 is 0 Å². The van der Waals surface area contributed by atoms with Crippen LogP contribution < -0.4 is 0 Å². The molecule has 1 nitrogen and oxygen atoms in total. The van der Waals surface area contributed by atoms with Gasteiger partial charge >= 0.3 is 0 Å². The molecule has 0 saturated carbocycles. The first-order chi connectivity index (χ1) is 7.38. The van der Waals surface area contributed by atoms with Crippen LogP contribution in [-0.4, -0.2) is 9.04 Å². The summed E-state index contributed by atoms with van der Waals surface area (Å²) in [5.41, 5.74) is 0.353. The van der Waals surface area contributed by atoms with E-state index >= 15 is 0 Å². The zero-order valence-corrected chi connectivity index (χ0v) is 13.2. The molecular formula is C14H30OSi. The fourth-order valence-corrected chi connectivity index (χ4v) is 2.13. The Kier molecular flexibility index (Phi) is 7.82. The Morgan fingerprint density at radius 3 is 2.25 bits per heavy atom. The standard InChI is InChI=1S/C14H30OSi/c1-7-8-9-10-13(14(2,3)4)11-12-15-16(5)6/h11-13,16H,7-10H2,1-6H3. The van der Waals surface area contributed by atoms with Crippen LogP contribution in [0, 0.1) is 11.3 Å². The smallest absolute Gasteiger partial charge is 0.228 e. The van der Waals surface area contributed by atoms with Gasteiger partial charge in [0.1, 0.15) is 0 Å². The summed E-state index contributed by atoms with van der Waals surface area (Å²) in [7, 11) is -0.903. The molecule has 0 spiro atoms. The van der Waals surface area contributed by atoms with Gasteiger partial charge in [-0.25, -0.2) is 0 Å². The maximum Gasteiger partial charge on any atom is 0.228 e. The first-order valence-electron chi connectivity index (χ1n) is 6.70. The predicted molar refractivity (Wildman–Crippen MR) is 76.2 cm³/mol. The second-order valence-corrected chi connectivity index (χ2v) is 8.35. The molecule has 0 N–H and O–H groups in total. The lowest BCUT2D eigenvalue weighted by Crippen LogP contribution is -2.18. The van der Waals surface area contributed by atoms with Crippen LogP contribution in [0.15, 0.2) is 12.3 Å². The van der Waals surface area contributed by atoms with E-state index in [0.717, 1.165) is 0 Å². The zero-order valence-electron chi connectivity index (χ0n) is 12.0. The van der Waals surface area contributed by atoms with Gasteiger partial charge in [-0.3, -0.25) is 0 Å². The minimum atomic E-state index is -0.903. The Bertz CT molecular complexity index is 191. The van der Waals surface area contributed by atoms with E-state index in [1.165, 1.54) is 25.7 Å². The molecule has 0 heterocycles. The molecule has 0 aromatic rings. The van der Waals surface area contributed by atoms with Crippen molar-refractivity contribution in [2.24, 2.45) is 11.3 Å². The van der Waals surface area contributed by atoms with Crippen molar-refractivity contribution in [2.45, 2.75) is 66.5 Å². The monoisotopic (exact) mass is 242 g/mol. The number of unbranched alkanes of at least 4 members (excludes halogenated alkanes) is 2. The SMILES string of the molecule is CCCCCC(C=CO[SiH](C)C)C(C)(C)C. The van der Waals surface area contributed by atoms with Gasteiger partial charge in [-0.1, -0.05) is 47.0 Å². The van der Waals surface area contributed by atoms with Gasteiger partial charge < -0.3 is 4.43 Å². The van der Waals surface area contributed by atoms with Crippen molar-refractivity contribution in [2.75, 3.05) is 0 Å². The maximum atomic E-state index is 5.63. The minimum Gasteiger partial charge on any atom is -0.553 e. The van der Waals surface area contributed by atoms with Gasteiger partial charge in [-0.2, -0.15) is 0 Å². The molecule has 0 bridgehead atoms. The van der Waals surface area contributed by atoms with Gasteiger partial charge in [0.05, 0.1) is 6.26 Å². The third-order valence-corrected chi connectivity index (χ3v) is 3.59. The molecule has 0 radical (unpaired) electrons. The van der Waals surface area contributed by atoms with Gasteiger partial charge in [0.2, 0.25) is 9.04 Å². The summed E-state index contributed by atoms with van der Waals surface area (Å²) in [6.45, 7) is 13.6. The summed E-state index contributed by atoms with van der Waals surface area (Å²) in [5, 5.41) is 0. The predicted octanol–water partition coefficient (Wildman–Crippen LogP) is 4.74. The van der Waals surface area contributed by atoms with Crippen molar-refractivity contribution in [3.8, 4) is 0 Å². The number of rotatable bonds is 7. The molecule has 0 fully saturated rings. The third kappa shape index (κ3) is 7.97. The molecule has 2 heteroatoms. The number of allylic oxidation sites excluding steroid dienone is 1. The van der Waals surface area contributed by atoms with Crippen molar-refractivity contribution < 1.29 is 4.43 Å². The van der Waals surface area contributed by atoms with E-state index in [-0.39, 0.29) is 0 Å². The Hall–Kier alpha value is -0.243. The molecule has 0 aliphatic heterocycles. The van der Waals surface area contributed by atoms with E-state index in [1.54, 1.807) is 0 Å². The molecule has 1 atom stereocenters. The van der Waals surface area contributed by atoms with E-state index in [1.807, 2.05) is 6.26 Å². The highest BCUT2D eigenvalue weighted by molar-refractivity contribution is 6.48. The highest BCUT2D eigenvalue weighted by Gasteiger charge is 2.21. The van der Waals surface area contributed by atoms with Gasteiger partial charge in [0.25, 0.3) is 0 Å². The molecule has 0 aromatic heterocycles. The Morgan fingerprint density at radius 1 is 1.19 bits per heavy atom. The van der Waals surface area contributed by atoms with Crippen LogP contribution in [0.5, 0.6) is 0 Å². The second-order valence-electron chi connectivity index (χ2n) is 5.98. The first-order valence-corrected chi connectivity index (χ1v) is 9.48. The summed E-state index contributed by atoms with van der Waals surface area (Å²) in [6.07, 6.45) is 9.51. The fourth-order valence-electron chi connectivity index (χ4n) is 1.73. The zero-order chi connectivity index (χ0) is 12.6. The molecule has 96 valence electrons. The lowest BCUT2D eigenvalue weighted by atomic mass is 9.78. The second kappa shape index (κ2) is 7.94. The molecule has 0 aromatic carbocycles. The normalized spacial score (nSPS) is 14.7. The largest absolute Gasteiger partial charge is 0.553 e. The maximum absolute atomic E-state index is 5.63. The summed E-state index contributed by atoms with van der Waals surface area (Å²) in [5.74, 6) is 0.645. The van der Waals surface area contributed by atoms with Crippen molar-refractivity contribution >= 4 is 9.04 Å². The van der Waals surface area contributed by atoms with Gasteiger partial charge in [-0.15, -0.1) is 0 Å². The highest BCUT2D eigenvalue weighted by atomic mass is 28.3. The summed E-state index contributed by atoms with van der Waals surface area (Å²) < 4.78 is 5.63. The van der Waals surface area contributed by atoms with E-state index in [4.69, 9.17) is 4.43 Å². The van der Waals surface area contributed by atoms with Crippen molar-refractivity contribution in [3.63, 3.8) is 0 Å². The van der Waals surface area contributed by atoms with Crippen molar-refractivity contribution in [3.05, 3.63) is 12.3 Å². The quantitative estimate of drug-likeness (QED) is 0.356. The minimum absolute atomic E-state index is 0.353. The fraction of sp³-hybridized carbons (Fsp3) is 0.857. The Labute approximate surface area is 104 Å². The van der Waals surface area contributed by atoms with Crippen LogP contribution in [0.3, 0.4) is 0 Å². The molecule has 1 unspecified atom stereocenters. The number of hydrogen-bond acceptors (Lipinski definition) is 1. The molecular weight excluding hydrogens is 212 g/mol. The Morgan fingerprint density at radius 2 is 1.81 bits per heavy atom. The van der Waals surface area contributed by atoms with Crippen LogP contribution in [0.4, 0.5) is 0 Å². The van der Waals surface area contributed by atoms with Crippen LogP contribution in [0.1, 0.15) is 53.4 Å². The summed E-state index contributed by atoms with van der Waals surface area (Å²) in [6, 6.07) is 0. The number of hydrogen-bond donors (Lipinski definition) is 0. The van der Waals surface area contributed by atoms with Gasteiger partial charge in [0, 0.05) is 0 Å². The van der Waals surface area contributed by atoms with Crippen molar-refractivity contribution in [1.82, 2.24) is 0 Å². The molecule has 0 aliphatic carbocycles. The molecule has 16 heavy (non-hydrogen) atoms. The summed E-state index contributed by atoms with van der Waals surface area (Å²) >= 11 is 0.